The molecule has 0 unspecified atom stereocenters. The van der Waals surface area contributed by atoms with Gasteiger partial charge in [0, 0.05) is 6.42 Å². The smallest absolute Gasteiger partial charge is 0.303 e. The molecule has 0 aromatic carbocycles. The predicted molar refractivity (Wildman–Crippen MR) is 61.7 cm³/mol. The first kappa shape index (κ1) is 14.5. The highest BCUT2D eigenvalue weighted by molar-refractivity contribution is 5.79. The van der Waals surface area contributed by atoms with E-state index in [2.05, 4.69) is 11.2 Å². The van der Waals surface area contributed by atoms with Crippen molar-refractivity contribution in [3.63, 3.8) is 0 Å². The molecule has 0 aliphatic carbocycles. The maximum atomic E-state index is 11.6. The van der Waals surface area contributed by atoms with Gasteiger partial charge >= 0.3 is 5.97 Å². The Labute approximate surface area is 96.4 Å². The number of carbonyl (C=O) groups excluding carboxylic acids is 1. The highest BCUT2D eigenvalue weighted by atomic mass is 16.4. The maximum absolute atomic E-state index is 11.6. The van der Waals surface area contributed by atoms with Crippen LogP contribution in [0.25, 0.3) is 0 Å². The molecule has 0 rings (SSSR count). The fourth-order valence-corrected chi connectivity index (χ4v) is 1.34. The van der Waals surface area contributed by atoms with E-state index in [9.17, 15) is 9.59 Å². The number of rotatable bonds is 5. The quantitative estimate of drug-likeness (QED) is 0.695. The summed E-state index contributed by atoms with van der Waals surface area (Å²) in [5, 5.41) is 11.3. The average molecular weight is 225 g/mol. The lowest BCUT2D eigenvalue weighted by Crippen LogP contribution is -2.43. The molecule has 0 radical (unpaired) electrons. The minimum absolute atomic E-state index is 0.0447. The average Bonchev–Trinajstić information content (AvgIpc) is 1.98. The maximum Gasteiger partial charge on any atom is 0.303 e. The lowest BCUT2D eigenvalue weighted by Gasteiger charge is -2.25. The van der Waals surface area contributed by atoms with Gasteiger partial charge in [-0.3, -0.25) is 9.59 Å². The van der Waals surface area contributed by atoms with Gasteiger partial charge in [0.1, 0.15) is 0 Å². The first-order chi connectivity index (χ1) is 7.08. The Morgan fingerprint density at radius 2 is 1.75 bits per heavy atom. The summed E-state index contributed by atoms with van der Waals surface area (Å²) in [6.45, 7) is 6.91. The lowest BCUT2D eigenvalue weighted by atomic mass is 9.85. The fourth-order valence-electron chi connectivity index (χ4n) is 1.34. The Bertz CT molecular complexity index is 324. The van der Waals surface area contributed by atoms with E-state index in [0.717, 1.165) is 0 Å². The molecule has 0 saturated heterocycles. The van der Waals surface area contributed by atoms with Crippen LogP contribution in [0.1, 0.15) is 40.5 Å². The Morgan fingerprint density at radius 3 is 2.12 bits per heavy atom. The third kappa shape index (κ3) is 6.07. The van der Waals surface area contributed by atoms with Crippen molar-refractivity contribution in [2.24, 2.45) is 5.41 Å². The van der Waals surface area contributed by atoms with Crippen molar-refractivity contribution in [1.82, 2.24) is 5.32 Å². The van der Waals surface area contributed by atoms with Crippen molar-refractivity contribution < 1.29 is 14.7 Å². The van der Waals surface area contributed by atoms with Crippen LogP contribution in [0.4, 0.5) is 0 Å². The Hall–Kier alpha value is -1.50. The van der Waals surface area contributed by atoms with Crippen LogP contribution < -0.4 is 5.32 Å². The van der Waals surface area contributed by atoms with Gasteiger partial charge in [0.15, 0.2) is 0 Å². The first-order valence-electron chi connectivity index (χ1n) is 5.08. The van der Waals surface area contributed by atoms with Crippen molar-refractivity contribution in [3.05, 3.63) is 0 Å². The number of nitrogens with one attached hydrogen (secondary N) is 1. The number of carboxylic acids is 1. The van der Waals surface area contributed by atoms with Crippen LogP contribution in [0.5, 0.6) is 0 Å². The summed E-state index contributed by atoms with van der Waals surface area (Å²) >= 11 is 0. The number of aliphatic carboxylic acids is 1. The van der Waals surface area contributed by atoms with E-state index in [1.165, 1.54) is 0 Å². The number of amides is 1. The molecule has 0 aromatic rings. The summed E-state index contributed by atoms with van der Waals surface area (Å²) in [5.74, 6) is 1.31. The van der Waals surface area contributed by atoms with E-state index in [1.807, 2.05) is 0 Å². The Morgan fingerprint density at radius 1 is 1.25 bits per heavy atom. The number of carbonyl (C=O) groups is 2. The van der Waals surface area contributed by atoms with E-state index in [0.29, 0.717) is 0 Å². The van der Waals surface area contributed by atoms with Gasteiger partial charge < -0.3 is 10.4 Å². The molecule has 90 valence electrons. The van der Waals surface area contributed by atoms with E-state index in [1.54, 1.807) is 27.7 Å². The Balaban J connectivity index is 4.36. The largest absolute Gasteiger partial charge is 0.481 e. The minimum atomic E-state index is -0.908. The van der Waals surface area contributed by atoms with Gasteiger partial charge in [0.25, 0.3) is 0 Å². The molecule has 2 N–H and O–H groups in total. The second-order valence-corrected chi connectivity index (χ2v) is 5.23. The van der Waals surface area contributed by atoms with Crippen LogP contribution in [0.15, 0.2) is 0 Å². The van der Waals surface area contributed by atoms with Crippen LogP contribution in [0.2, 0.25) is 0 Å². The zero-order valence-corrected chi connectivity index (χ0v) is 10.3. The van der Waals surface area contributed by atoms with Crippen LogP contribution in [0.3, 0.4) is 0 Å². The first-order valence-corrected chi connectivity index (χ1v) is 5.08. The van der Waals surface area contributed by atoms with Crippen molar-refractivity contribution in [3.8, 4) is 12.3 Å². The fraction of sp³-hybridized carbons (Fsp3) is 0.667. The zero-order chi connectivity index (χ0) is 13.0. The van der Waals surface area contributed by atoms with Gasteiger partial charge in [-0.05, 0) is 19.3 Å². The van der Waals surface area contributed by atoms with Gasteiger partial charge in [-0.15, -0.1) is 6.42 Å². The molecular formula is C12H19NO3. The third-order valence-electron chi connectivity index (χ3n) is 2.08. The standard InChI is InChI=1S/C12H19NO3/c1-6-12(4,5)13-9(14)7-11(2,3)8-10(15)16/h1H,7-8H2,2-5H3,(H,13,14)(H,15,16). The minimum Gasteiger partial charge on any atom is -0.481 e. The summed E-state index contributed by atoms with van der Waals surface area (Å²) in [5.41, 5.74) is -1.27. The Kier molecular flexibility index (Phi) is 4.55. The van der Waals surface area contributed by atoms with Crippen LogP contribution in [-0.2, 0) is 9.59 Å². The molecule has 4 heteroatoms. The number of hydrogen-bond acceptors (Lipinski definition) is 2. The molecule has 0 saturated carbocycles. The normalized spacial score (nSPS) is 11.7. The summed E-state index contributed by atoms with van der Waals surface area (Å²) in [4.78, 5) is 22.2. The molecule has 0 aliphatic rings. The SMILES string of the molecule is C#CC(C)(C)NC(=O)CC(C)(C)CC(=O)O. The molecule has 0 heterocycles. The second kappa shape index (κ2) is 5.02. The molecule has 0 bridgehead atoms. The van der Waals surface area contributed by atoms with Gasteiger partial charge in [0.2, 0.25) is 5.91 Å². The number of hydrogen-bond donors (Lipinski definition) is 2. The van der Waals surface area contributed by atoms with E-state index >= 15 is 0 Å². The van der Waals surface area contributed by atoms with Crippen molar-refractivity contribution in [2.75, 3.05) is 0 Å². The van der Waals surface area contributed by atoms with E-state index in [4.69, 9.17) is 11.5 Å². The summed E-state index contributed by atoms with van der Waals surface area (Å²) in [6, 6.07) is 0. The molecular weight excluding hydrogens is 206 g/mol. The van der Waals surface area contributed by atoms with Crippen molar-refractivity contribution in [1.29, 1.82) is 0 Å². The monoisotopic (exact) mass is 225 g/mol. The van der Waals surface area contributed by atoms with Gasteiger partial charge in [-0.2, -0.15) is 0 Å². The molecule has 0 aliphatic heterocycles. The molecule has 0 spiro atoms. The van der Waals surface area contributed by atoms with Gasteiger partial charge in [-0.1, -0.05) is 19.8 Å². The van der Waals surface area contributed by atoms with Crippen LogP contribution in [0, 0.1) is 17.8 Å². The molecule has 0 fully saturated rings. The third-order valence-corrected chi connectivity index (χ3v) is 2.08. The summed E-state index contributed by atoms with van der Waals surface area (Å²) < 4.78 is 0. The molecule has 0 atom stereocenters. The second-order valence-electron chi connectivity index (χ2n) is 5.23. The van der Waals surface area contributed by atoms with Gasteiger partial charge in [0.05, 0.1) is 12.0 Å². The molecule has 16 heavy (non-hydrogen) atoms. The van der Waals surface area contributed by atoms with Crippen LogP contribution >= 0.6 is 0 Å². The lowest BCUT2D eigenvalue weighted by molar-refractivity contribution is -0.139. The highest BCUT2D eigenvalue weighted by Crippen LogP contribution is 2.25. The van der Waals surface area contributed by atoms with Crippen molar-refractivity contribution >= 4 is 11.9 Å². The topological polar surface area (TPSA) is 66.4 Å². The summed E-state index contributed by atoms with van der Waals surface area (Å²) in [7, 11) is 0. The molecule has 4 nitrogen and oxygen atoms in total. The van der Waals surface area contributed by atoms with Crippen molar-refractivity contribution in [2.45, 2.75) is 46.1 Å². The van der Waals surface area contributed by atoms with E-state index in [-0.39, 0.29) is 18.7 Å². The number of carboxylic acid groups (broad SMARTS) is 1. The zero-order valence-electron chi connectivity index (χ0n) is 10.3. The molecule has 0 aromatic heterocycles. The number of terminal acetylenes is 1. The summed E-state index contributed by atoms with van der Waals surface area (Å²) in [6.07, 6.45) is 5.34. The van der Waals surface area contributed by atoms with E-state index < -0.39 is 16.9 Å². The molecule has 1 amide bonds. The van der Waals surface area contributed by atoms with Gasteiger partial charge in [-0.25, -0.2) is 0 Å². The predicted octanol–water partition coefficient (Wildman–Crippen LogP) is 1.41. The van der Waals surface area contributed by atoms with Crippen LogP contribution in [-0.4, -0.2) is 22.5 Å². The highest BCUT2D eigenvalue weighted by Gasteiger charge is 2.27.